The van der Waals surface area contributed by atoms with Crippen LogP contribution < -0.4 is 16.6 Å². The molecule has 0 spiro atoms. The van der Waals surface area contributed by atoms with Gasteiger partial charge in [-0.1, -0.05) is 6.92 Å². The van der Waals surface area contributed by atoms with E-state index in [9.17, 15) is 9.59 Å². The van der Waals surface area contributed by atoms with Gasteiger partial charge in [-0.05, 0) is 20.3 Å². The zero-order valence-electron chi connectivity index (χ0n) is 13.1. The molecule has 2 N–H and O–H groups in total. The van der Waals surface area contributed by atoms with Crippen molar-refractivity contribution in [2.75, 3.05) is 12.4 Å². The second-order valence-corrected chi connectivity index (χ2v) is 5.98. The topological polar surface area (TPSA) is 94.6 Å². The smallest absolute Gasteiger partial charge is 0.332 e. The normalized spacial score (nSPS) is 32.9. The summed E-state index contributed by atoms with van der Waals surface area (Å²) in [5.41, 5.74) is -0.998. The lowest BCUT2D eigenvalue weighted by Gasteiger charge is -2.25. The standard InChI is InChI=1S/C14H21N3O5/c1-5-7-10-11(22-14(2,3)21-10)12(20-7)17-8(15-4)6-9(18)16-13(17)19/h6-7,10-12,15H,5H2,1-4H3,(H,16,18,19)/t7-,10+,11?,12-/m1/s1. The molecule has 2 aliphatic heterocycles. The lowest BCUT2D eigenvalue weighted by Crippen LogP contribution is -2.38. The maximum atomic E-state index is 12.2. The van der Waals surface area contributed by atoms with Crippen LogP contribution in [-0.2, 0) is 14.2 Å². The number of aromatic amines is 1. The van der Waals surface area contributed by atoms with Crippen molar-refractivity contribution in [3.63, 3.8) is 0 Å². The first kappa shape index (κ1) is 15.3. The largest absolute Gasteiger partial charge is 0.374 e. The average molecular weight is 311 g/mol. The summed E-state index contributed by atoms with van der Waals surface area (Å²) in [6, 6.07) is 1.32. The van der Waals surface area contributed by atoms with Gasteiger partial charge in [-0.3, -0.25) is 9.78 Å². The second-order valence-electron chi connectivity index (χ2n) is 5.98. The molecule has 3 heterocycles. The van der Waals surface area contributed by atoms with Gasteiger partial charge in [-0.15, -0.1) is 0 Å². The number of nitrogens with one attached hydrogen (secondary N) is 2. The summed E-state index contributed by atoms with van der Waals surface area (Å²) >= 11 is 0. The highest BCUT2D eigenvalue weighted by atomic mass is 16.8. The Kier molecular flexibility index (Phi) is 3.62. The Labute approximate surface area is 127 Å². The predicted molar refractivity (Wildman–Crippen MR) is 78.9 cm³/mol. The van der Waals surface area contributed by atoms with Crippen molar-refractivity contribution in [3.05, 3.63) is 26.9 Å². The molecule has 8 nitrogen and oxygen atoms in total. The fourth-order valence-electron chi connectivity index (χ4n) is 3.15. The number of hydrogen-bond acceptors (Lipinski definition) is 6. The van der Waals surface area contributed by atoms with Crippen LogP contribution in [0.4, 0.5) is 5.82 Å². The zero-order valence-corrected chi connectivity index (χ0v) is 13.1. The molecule has 2 saturated heterocycles. The monoisotopic (exact) mass is 311 g/mol. The van der Waals surface area contributed by atoms with Crippen molar-refractivity contribution >= 4 is 5.82 Å². The van der Waals surface area contributed by atoms with Gasteiger partial charge in [-0.2, -0.15) is 0 Å². The highest BCUT2D eigenvalue weighted by molar-refractivity contribution is 5.33. The SMILES string of the molecule is CC[C@H]1O[C@@H](n2c(NC)cc(=O)[nH]c2=O)C2OC(C)(C)O[C@H]21. The molecule has 4 atom stereocenters. The van der Waals surface area contributed by atoms with Crippen molar-refractivity contribution in [2.45, 2.75) is 57.5 Å². The minimum absolute atomic E-state index is 0.166. The minimum Gasteiger partial charge on any atom is -0.374 e. The van der Waals surface area contributed by atoms with E-state index in [-0.39, 0.29) is 12.2 Å². The van der Waals surface area contributed by atoms with E-state index in [2.05, 4.69) is 10.3 Å². The summed E-state index contributed by atoms with van der Waals surface area (Å²) in [6.45, 7) is 5.67. The number of anilines is 1. The van der Waals surface area contributed by atoms with Gasteiger partial charge in [-0.25, -0.2) is 9.36 Å². The average Bonchev–Trinajstić information content (AvgIpc) is 2.91. The quantitative estimate of drug-likeness (QED) is 0.839. The molecule has 22 heavy (non-hydrogen) atoms. The molecular formula is C14H21N3O5. The van der Waals surface area contributed by atoms with Gasteiger partial charge in [0, 0.05) is 13.1 Å². The van der Waals surface area contributed by atoms with Crippen LogP contribution in [0.2, 0.25) is 0 Å². The first-order chi connectivity index (χ1) is 10.4. The summed E-state index contributed by atoms with van der Waals surface area (Å²) in [6.07, 6.45) is -0.725. The Bertz CT molecular complexity index is 680. The number of ether oxygens (including phenoxy) is 3. The molecule has 3 rings (SSSR count). The lowest BCUT2D eigenvalue weighted by molar-refractivity contribution is -0.197. The van der Waals surface area contributed by atoms with Gasteiger partial charge < -0.3 is 19.5 Å². The summed E-state index contributed by atoms with van der Waals surface area (Å²) in [4.78, 5) is 26.0. The molecule has 122 valence electrons. The molecule has 1 aromatic heterocycles. The van der Waals surface area contributed by atoms with Gasteiger partial charge >= 0.3 is 5.69 Å². The number of nitrogens with zero attached hydrogens (tertiary/aromatic N) is 1. The van der Waals surface area contributed by atoms with Crippen molar-refractivity contribution in [1.82, 2.24) is 9.55 Å². The van der Waals surface area contributed by atoms with E-state index in [0.29, 0.717) is 5.82 Å². The number of rotatable bonds is 3. The van der Waals surface area contributed by atoms with Crippen molar-refractivity contribution in [3.8, 4) is 0 Å². The Morgan fingerprint density at radius 1 is 1.32 bits per heavy atom. The Balaban J connectivity index is 2.06. The molecule has 8 heteroatoms. The summed E-state index contributed by atoms with van der Waals surface area (Å²) in [5.74, 6) is -0.348. The molecule has 2 aliphatic rings. The van der Waals surface area contributed by atoms with Crippen LogP contribution in [0.15, 0.2) is 15.7 Å². The van der Waals surface area contributed by atoms with Crippen LogP contribution in [-0.4, -0.2) is 40.7 Å². The van der Waals surface area contributed by atoms with E-state index in [1.54, 1.807) is 7.05 Å². The predicted octanol–water partition coefficient (Wildman–Crippen LogP) is 0.406. The summed E-state index contributed by atoms with van der Waals surface area (Å²) in [7, 11) is 1.64. The van der Waals surface area contributed by atoms with Gasteiger partial charge in [0.25, 0.3) is 5.56 Å². The lowest BCUT2D eigenvalue weighted by atomic mass is 10.1. The van der Waals surface area contributed by atoms with E-state index < -0.39 is 29.4 Å². The van der Waals surface area contributed by atoms with Crippen molar-refractivity contribution in [2.24, 2.45) is 0 Å². The maximum Gasteiger partial charge on any atom is 0.332 e. The Morgan fingerprint density at radius 3 is 2.64 bits per heavy atom. The van der Waals surface area contributed by atoms with Gasteiger partial charge in [0.2, 0.25) is 0 Å². The van der Waals surface area contributed by atoms with E-state index in [1.807, 2.05) is 20.8 Å². The van der Waals surface area contributed by atoms with E-state index in [4.69, 9.17) is 14.2 Å². The molecule has 0 bridgehead atoms. The molecule has 2 fully saturated rings. The third kappa shape index (κ3) is 2.37. The number of fused-ring (bicyclic) bond motifs is 1. The van der Waals surface area contributed by atoms with E-state index in [1.165, 1.54) is 10.6 Å². The Morgan fingerprint density at radius 2 is 2.00 bits per heavy atom. The number of aromatic nitrogens is 2. The Hall–Kier alpha value is -1.64. The first-order valence-electron chi connectivity index (χ1n) is 7.41. The molecule has 1 aromatic rings. The van der Waals surface area contributed by atoms with Crippen LogP contribution >= 0.6 is 0 Å². The summed E-state index contributed by atoms with van der Waals surface area (Å²) in [5, 5.41) is 2.85. The van der Waals surface area contributed by atoms with Crippen LogP contribution in [0.5, 0.6) is 0 Å². The first-order valence-corrected chi connectivity index (χ1v) is 7.41. The highest BCUT2D eigenvalue weighted by Crippen LogP contribution is 2.43. The maximum absolute atomic E-state index is 12.2. The molecule has 0 saturated carbocycles. The van der Waals surface area contributed by atoms with Gasteiger partial charge in [0.05, 0.1) is 6.10 Å². The van der Waals surface area contributed by atoms with Crippen LogP contribution in [0, 0.1) is 0 Å². The van der Waals surface area contributed by atoms with Crippen LogP contribution in [0.1, 0.15) is 33.4 Å². The molecule has 0 aromatic carbocycles. The fourth-order valence-corrected chi connectivity index (χ4v) is 3.15. The van der Waals surface area contributed by atoms with E-state index >= 15 is 0 Å². The molecular weight excluding hydrogens is 290 g/mol. The van der Waals surface area contributed by atoms with Crippen molar-refractivity contribution in [1.29, 1.82) is 0 Å². The molecule has 1 unspecified atom stereocenters. The second kappa shape index (κ2) is 5.22. The molecule has 0 radical (unpaired) electrons. The van der Waals surface area contributed by atoms with Crippen LogP contribution in [0.25, 0.3) is 0 Å². The minimum atomic E-state index is -0.726. The third-order valence-corrected chi connectivity index (χ3v) is 4.01. The molecule has 0 aliphatic carbocycles. The van der Waals surface area contributed by atoms with Gasteiger partial charge in [0.1, 0.15) is 18.0 Å². The highest BCUT2D eigenvalue weighted by Gasteiger charge is 2.55. The van der Waals surface area contributed by atoms with Crippen molar-refractivity contribution < 1.29 is 14.2 Å². The number of H-pyrrole nitrogens is 1. The third-order valence-electron chi connectivity index (χ3n) is 4.01. The fraction of sp³-hybridized carbons (Fsp3) is 0.714. The number of hydrogen-bond donors (Lipinski definition) is 2. The van der Waals surface area contributed by atoms with E-state index in [0.717, 1.165) is 6.42 Å². The zero-order chi connectivity index (χ0) is 16.1. The summed E-state index contributed by atoms with van der Waals surface area (Å²) < 4.78 is 19.2. The van der Waals surface area contributed by atoms with Gasteiger partial charge in [0.15, 0.2) is 12.0 Å². The van der Waals surface area contributed by atoms with Crippen LogP contribution in [0.3, 0.4) is 0 Å². The molecule has 0 amide bonds.